The van der Waals surface area contributed by atoms with Crippen molar-refractivity contribution >= 4 is 39.4 Å². The number of rotatable bonds is 4. The second-order valence-electron chi connectivity index (χ2n) is 4.93. The zero-order valence-corrected chi connectivity index (χ0v) is 13.2. The van der Waals surface area contributed by atoms with E-state index in [0.29, 0.717) is 5.02 Å². The Kier molecular flexibility index (Phi) is 4.72. The van der Waals surface area contributed by atoms with Crippen LogP contribution in [0.3, 0.4) is 0 Å². The van der Waals surface area contributed by atoms with E-state index in [2.05, 4.69) is 4.74 Å². The second kappa shape index (κ2) is 6.21. The maximum Gasteiger partial charge on any atom is 0.339 e. The van der Waals surface area contributed by atoms with Crippen LogP contribution in [0.5, 0.6) is 0 Å². The normalized spacial score (nSPS) is 18.6. The van der Waals surface area contributed by atoms with Gasteiger partial charge in [-0.05, 0) is 18.2 Å². The SMILES string of the molecule is COC(=O)c1ccc(Cl)cc1N1CC(CS(=O)(=O)F)CC1=O. The van der Waals surface area contributed by atoms with E-state index in [-0.39, 0.29) is 24.2 Å². The monoisotopic (exact) mass is 349 g/mol. The van der Waals surface area contributed by atoms with E-state index in [1.165, 1.54) is 30.2 Å². The number of amides is 1. The van der Waals surface area contributed by atoms with E-state index < -0.39 is 33.8 Å². The first-order valence-electron chi connectivity index (χ1n) is 6.32. The first-order valence-corrected chi connectivity index (χ1v) is 8.25. The maximum absolute atomic E-state index is 12.8. The number of halogens is 2. The predicted octanol–water partition coefficient (Wildman–Crippen LogP) is 1.78. The number of ether oxygens (including phenoxy) is 1. The summed E-state index contributed by atoms with van der Waals surface area (Å²) < 4.78 is 38.9. The van der Waals surface area contributed by atoms with Crippen molar-refractivity contribution in [2.45, 2.75) is 6.42 Å². The van der Waals surface area contributed by atoms with Crippen molar-refractivity contribution in [1.82, 2.24) is 0 Å². The number of benzene rings is 1. The van der Waals surface area contributed by atoms with Crippen molar-refractivity contribution < 1.29 is 26.6 Å². The molecule has 1 aliphatic rings. The van der Waals surface area contributed by atoms with Gasteiger partial charge in [0.25, 0.3) is 0 Å². The predicted molar refractivity (Wildman–Crippen MR) is 78.1 cm³/mol. The molecule has 1 aromatic carbocycles. The molecule has 1 unspecified atom stereocenters. The van der Waals surface area contributed by atoms with Crippen LogP contribution in [0.4, 0.5) is 9.57 Å². The molecule has 0 spiro atoms. The third-order valence-corrected chi connectivity index (χ3v) is 4.40. The smallest absolute Gasteiger partial charge is 0.339 e. The van der Waals surface area contributed by atoms with Crippen LogP contribution in [-0.4, -0.2) is 39.7 Å². The fourth-order valence-electron chi connectivity index (χ4n) is 2.42. The van der Waals surface area contributed by atoms with Gasteiger partial charge in [-0.2, -0.15) is 8.42 Å². The van der Waals surface area contributed by atoms with Crippen molar-refractivity contribution in [3.05, 3.63) is 28.8 Å². The lowest BCUT2D eigenvalue weighted by Gasteiger charge is -2.19. The third kappa shape index (κ3) is 3.75. The summed E-state index contributed by atoms with van der Waals surface area (Å²) in [6.45, 7) is -0.00762. The Hall–Kier alpha value is -1.67. The van der Waals surface area contributed by atoms with Crippen LogP contribution in [-0.2, 0) is 19.8 Å². The van der Waals surface area contributed by atoms with Crippen LogP contribution < -0.4 is 4.90 Å². The van der Waals surface area contributed by atoms with E-state index in [0.717, 1.165) is 0 Å². The Bertz CT molecular complexity index is 721. The molecule has 1 aromatic rings. The minimum absolute atomic E-state index is 0.00762. The Morgan fingerprint density at radius 1 is 1.50 bits per heavy atom. The van der Waals surface area contributed by atoms with Gasteiger partial charge in [0.2, 0.25) is 5.91 Å². The molecule has 0 N–H and O–H groups in total. The van der Waals surface area contributed by atoms with E-state index in [1.54, 1.807) is 0 Å². The summed E-state index contributed by atoms with van der Waals surface area (Å²) in [6.07, 6.45) is -0.115. The average Bonchev–Trinajstić information content (AvgIpc) is 2.76. The van der Waals surface area contributed by atoms with Gasteiger partial charge >= 0.3 is 16.2 Å². The van der Waals surface area contributed by atoms with Crippen molar-refractivity contribution in [2.24, 2.45) is 5.92 Å². The lowest BCUT2D eigenvalue weighted by atomic mass is 10.1. The van der Waals surface area contributed by atoms with Crippen LogP contribution in [0.25, 0.3) is 0 Å². The zero-order valence-electron chi connectivity index (χ0n) is 11.6. The summed E-state index contributed by atoms with van der Waals surface area (Å²) >= 11 is 5.89. The van der Waals surface area contributed by atoms with Crippen LogP contribution in [0.2, 0.25) is 5.02 Å². The largest absolute Gasteiger partial charge is 0.465 e. The Labute approximate surface area is 132 Å². The van der Waals surface area contributed by atoms with Gasteiger partial charge in [0, 0.05) is 23.9 Å². The maximum atomic E-state index is 12.8. The number of carbonyl (C=O) groups excluding carboxylic acids is 2. The number of anilines is 1. The number of hydrogen-bond donors (Lipinski definition) is 0. The molecular weight excluding hydrogens is 337 g/mol. The van der Waals surface area contributed by atoms with Gasteiger partial charge in [0.1, 0.15) is 0 Å². The molecule has 1 saturated heterocycles. The molecule has 6 nitrogen and oxygen atoms in total. The molecule has 0 aliphatic carbocycles. The molecule has 0 radical (unpaired) electrons. The standard InChI is InChI=1S/C13H13ClFNO5S/c1-21-13(18)10-3-2-9(14)5-11(10)16-6-8(4-12(16)17)7-22(15,19)20/h2-3,5,8H,4,6-7H2,1H3. The average molecular weight is 350 g/mol. The highest BCUT2D eigenvalue weighted by molar-refractivity contribution is 7.86. The summed E-state index contributed by atoms with van der Waals surface area (Å²) in [7, 11) is -3.47. The lowest BCUT2D eigenvalue weighted by Crippen LogP contribution is -2.27. The number of methoxy groups -OCH3 is 1. The van der Waals surface area contributed by atoms with Gasteiger partial charge in [0.15, 0.2) is 0 Å². The summed E-state index contributed by atoms with van der Waals surface area (Å²) in [4.78, 5) is 25.0. The molecule has 0 bridgehead atoms. The Balaban J connectivity index is 2.34. The van der Waals surface area contributed by atoms with Crippen molar-refractivity contribution in [1.29, 1.82) is 0 Å². The molecule has 0 saturated carbocycles. The van der Waals surface area contributed by atoms with E-state index in [4.69, 9.17) is 11.6 Å². The minimum atomic E-state index is -4.67. The highest BCUT2D eigenvalue weighted by Gasteiger charge is 2.35. The lowest BCUT2D eigenvalue weighted by molar-refractivity contribution is -0.117. The fraction of sp³-hybridized carbons (Fsp3) is 0.385. The molecule has 0 aromatic heterocycles. The highest BCUT2D eigenvalue weighted by Crippen LogP contribution is 2.31. The van der Waals surface area contributed by atoms with E-state index in [9.17, 15) is 21.9 Å². The first kappa shape index (κ1) is 16.7. The fourth-order valence-corrected chi connectivity index (χ4v) is 3.37. The van der Waals surface area contributed by atoms with Gasteiger partial charge in [-0.15, -0.1) is 3.89 Å². The number of hydrogen-bond acceptors (Lipinski definition) is 5. The molecular formula is C13H13ClFNO5S. The van der Waals surface area contributed by atoms with E-state index >= 15 is 0 Å². The van der Waals surface area contributed by atoms with Crippen LogP contribution >= 0.6 is 11.6 Å². The van der Waals surface area contributed by atoms with Crippen LogP contribution in [0, 0.1) is 5.92 Å². The van der Waals surface area contributed by atoms with Crippen LogP contribution in [0.15, 0.2) is 18.2 Å². The number of carbonyl (C=O) groups is 2. The minimum Gasteiger partial charge on any atom is -0.465 e. The van der Waals surface area contributed by atoms with Gasteiger partial charge in [-0.25, -0.2) is 4.79 Å². The Morgan fingerprint density at radius 2 is 2.18 bits per heavy atom. The van der Waals surface area contributed by atoms with Crippen LogP contribution in [0.1, 0.15) is 16.8 Å². The van der Waals surface area contributed by atoms with Gasteiger partial charge in [-0.3, -0.25) is 4.79 Å². The summed E-state index contributed by atoms with van der Waals surface area (Å²) in [5, 5.41) is 0.303. The highest BCUT2D eigenvalue weighted by atomic mass is 35.5. The van der Waals surface area contributed by atoms with Gasteiger partial charge in [-0.1, -0.05) is 11.6 Å². The number of esters is 1. The molecule has 22 heavy (non-hydrogen) atoms. The zero-order chi connectivity index (χ0) is 16.5. The molecule has 1 fully saturated rings. The quantitative estimate of drug-likeness (QED) is 0.611. The molecule has 1 amide bonds. The summed E-state index contributed by atoms with van der Waals surface area (Å²) in [6, 6.07) is 4.30. The molecule has 120 valence electrons. The van der Waals surface area contributed by atoms with E-state index in [1.807, 2.05) is 0 Å². The number of nitrogens with zero attached hydrogens (tertiary/aromatic N) is 1. The van der Waals surface area contributed by atoms with Gasteiger partial charge < -0.3 is 9.64 Å². The molecule has 1 atom stereocenters. The molecule has 9 heteroatoms. The van der Waals surface area contributed by atoms with Crippen molar-refractivity contribution in [3.63, 3.8) is 0 Å². The summed E-state index contributed by atoms with van der Waals surface area (Å²) in [5.41, 5.74) is 0.354. The first-order chi connectivity index (χ1) is 10.2. The second-order valence-corrected chi connectivity index (χ2v) is 6.78. The Morgan fingerprint density at radius 3 is 2.77 bits per heavy atom. The third-order valence-electron chi connectivity index (χ3n) is 3.30. The van der Waals surface area contributed by atoms with Crippen molar-refractivity contribution in [2.75, 3.05) is 24.3 Å². The van der Waals surface area contributed by atoms with Crippen molar-refractivity contribution in [3.8, 4) is 0 Å². The summed E-state index contributed by atoms with van der Waals surface area (Å²) in [5.74, 6) is -2.46. The molecule has 1 heterocycles. The molecule has 2 rings (SSSR count). The van der Waals surface area contributed by atoms with Gasteiger partial charge in [0.05, 0.1) is 24.1 Å². The topological polar surface area (TPSA) is 80.8 Å². The molecule has 1 aliphatic heterocycles.